The standard InChI is InChI=1S/C18H30F2/c19-16-8-4-7-15(11-16)17-10-9-14(12-18(17)20)13-5-2-1-3-6-13/h13-18H,1-12H2. The monoisotopic (exact) mass is 284 g/mol. The smallest absolute Gasteiger partial charge is 0.103 e. The fourth-order valence-electron chi connectivity index (χ4n) is 5.29. The normalized spacial score (nSPS) is 44.4. The van der Waals surface area contributed by atoms with E-state index in [1.54, 1.807) is 0 Å². The zero-order valence-electron chi connectivity index (χ0n) is 12.7. The molecule has 0 bridgehead atoms. The van der Waals surface area contributed by atoms with Crippen LogP contribution in [0.3, 0.4) is 0 Å². The summed E-state index contributed by atoms with van der Waals surface area (Å²) in [7, 11) is 0. The van der Waals surface area contributed by atoms with Crippen molar-refractivity contribution in [1.29, 1.82) is 0 Å². The van der Waals surface area contributed by atoms with E-state index in [1.807, 2.05) is 0 Å². The Labute approximate surface area is 122 Å². The molecule has 3 aliphatic carbocycles. The van der Waals surface area contributed by atoms with E-state index in [2.05, 4.69) is 0 Å². The van der Waals surface area contributed by atoms with Crippen molar-refractivity contribution in [2.24, 2.45) is 23.7 Å². The Morgan fingerprint density at radius 3 is 2.00 bits per heavy atom. The Kier molecular flexibility index (Phi) is 4.99. The van der Waals surface area contributed by atoms with Gasteiger partial charge < -0.3 is 0 Å². The average molecular weight is 284 g/mol. The van der Waals surface area contributed by atoms with Gasteiger partial charge in [0.1, 0.15) is 12.3 Å². The number of rotatable bonds is 2. The van der Waals surface area contributed by atoms with Crippen LogP contribution in [0.2, 0.25) is 0 Å². The van der Waals surface area contributed by atoms with Gasteiger partial charge in [-0.05, 0) is 62.2 Å². The van der Waals surface area contributed by atoms with Crippen LogP contribution >= 0.6 is 0 Å². The Balaban J connectivity index is 1.53. The summed E-state index contributed by atoms with van der Waals surface area (Å²) in [4.78, 5) is 0. The highest BCUT2D eigenvalue weighted by Crippen LogP contribution is 2.46. The largest absolute Gasteiger partial charge is 0.247 e. The SMILES string of the molecule is FC1CCCC(C2CCC(C3CCCCC3)CC2F)C1. The molecule has 0 amide bonds. The molecule has 3 fully saturated rings. The molecule has 3 rings (SSSR count). The molecule has 5 atom stereocenters. The van der Waals surface area contributed by atoms with Gasteiger partial charge in [-0.1, -0.05) is 38.5 Å². The van der Waals surface area contributed by atoms with E-state index in [1.165, 1.54) is 38.5 Å². The zero-order valence-corrected chi connectivity index (χ0v) is 12.7. The second-order valence-electron chi connectivity index (χ2n) is 7.68. The molecule has 0 heterocycles. The Morgan fingerprint density at radius 2 is 1.30 bits per heavy atom. The Bertz CT molecular complexity index is 298. The van der Waals surface area contributed by atoms with Crippen LogP contribution in [0.15, 0.2) is 0 Å². The lowest BCUT2D eigenvalue weighted by molar-refractivity contribution is 0.0294. The van der Waals surface area contributed by atoms with Crippen LogP contribution in [0.4, 0.5) is 8.78 Å². The van der Waals surface area contributed by atoms with Gasteiger partial charge in [-0.25, -0.2) is 8.78 Å². The number of alkyl halides is 2. The molecule has 0 aliphatic heterocycles. The maximum atomic E-state index is 14.6. The van der Waals surface area contributed by atoms with E-state index in [0.717, 1.165) is 31.6 Å². The summed E-state index contributed by atoms with van der Waals surface area (Å²) in [5.74, 6) is 1.93. The van der Waals surface area contributed by atoms with Crippen molar-refractivity contribution in [3.63, 3.8) is 0 Å². The van der Waals surface area contributed by atoms with E-state index >= 15 is 0 Å². The summed E-state index contributed by atoms with van der Waals surface area (Å²) in [5, 5.41) is 0. The van der Waals surface area contributed by atoms with E-state index in [4.69, 9.17) is 0 Å². The summed E-state index contributed by atoms with van der Waals surface area (Å²) < 4.78 is 28.2. The van der Waals surface area contributed by atoms with Gasteiger partial charge in [-0.3, -0.25) is 0 Å². The first-order valence-electron chi connectivity index (χ1n) is 9.02. The van der Waals surface area contributed by atoms with Gasteiger partial charge in [0.25, 0.3) is 0 Å². The van der Waals surface area contributed by atoms with Crippen LogP contribution in [0, 0.1) is 23.7 Å². The molecule has 2 heteroatoms. The average Bonchev–Trinajstić information content (AvgIpc) is 2.48. The van der Waals surface area contributed by atoms with Gasteiger partial charge in [0.2, 0.25) is 0 Å². The molecule has 0 aromatic heterocycles. The fraction of sp³-hybridized carbons (Fsp3) is 1.00. The predicted molar refractivity (Wildman–Crippen MR) is 79.2 cm³/mol. The Morgan fingerprint density at radius 1 is 0.550 bits per heavy atom. The molecule has 0 nitrogen and oxygen atoms in total. The molecule has 0 aromatic rings. The highest BCUT2D eigenvalue weighted by Gasteiger charge is 2.39. The van der Waals surface area contributed by atoms with Gasteiger partial charge in [0, 0.05) is 0 Å². The second-order valence-corrected chi connectivity index (χ2v) is 7.68. The minimum atomic E-state index is -0.656. The first kappa shape index (κ1) is 14.8. The second kappa shape index (κ2) is 6.75. The molecule has 20 heavy (non-hydrogen) atoms. The van der Waals surface area contributed by atoms with Gasteiger partial charge in [0.15, 0.2) is 0 Å². The first-order chi connectivity index (χ1) is 9.74. The van der Waals surface area contributed by atoms with Crippen molar-refractivity contribution in [1.82, 2.24) is 0 Å². The van der Waals surface area contributed by atoms with Gasteiger partial charge in [-0.15, -0.1) is 0 Å². The molecule has 0 saturated heterocycles. The molecular weight excluding hydrogens is 254 g/mol. The molecule has 116 valence electrons. The maximum Gasteiger partial charge on any atom is 0.103 e. The lowest BCUT2D eigenvalue weighted by Gasteiger charge is -2.41. The quantitative estimate of drug-likeness (QED) is 0.596. The molecule has 3 saturated carbocycles. The van der Waals surface area contributed by atoms with E-state index in [0.29, 0.717) is 24.7 Å². The fourth-order valence-corrected chi connectivity index (χ4v) is 5.29. The van der Waals surface area contributed by atoms with Crippen LogP contribution in [0.1, 0.15) is 77.0 Å². The molecule has 0 spiro atoms. The third-order valence-corrected chi connectivity index (χ3v) is 6.44. The lowest BCUT2D eigenvalue weighted by atomic mass is 9.65. The van der Waals surface area contributed by atoms with Crippen LogP contribution in [0.5, 0.6) is 0 Å². The minimum Gasteiger partial charge on any atom is -0.247 e. The molecule has 0 aromatic carbocycles. The lowest BCUT2D eigenvalue weighted by Crippen LogP contribution is -2.36. The molecular formula is C18H30F2. The Hall–Kier alpha value is -0.140. The third-order valence-electron chi connectivity index (χ3n) is 6.44. The van der Waals surface area contributed by atoms with Crippen molar-refractivity contribution in [2.45, 2.75) is 89.4 Å². The van der Waals surface area contributed by atoms with Crippen LogP contribution in [-0.4, -0.2) is 12.3 Å². The number of hydrogen-bond acceptors (Lipinski definition) is 0. The summed E-state index contributed by atoms with van der Waals surface area (Å²) in [6, 6.07) is 0. The van der Waals surface area contributed by atoms with E-state index in [9.17, 15) is 8.78 Å². The van der Waals surface area contributed by atoms with Crippen molar-refractivity contribution in [2.75, 3.05) is 0 Å². The van der Waals surface area contributed by atoms with E-state index < -0.39 is 12.3 Å². The molecule has 0 radical (unpaired) electrons. The predicted octanol–water partition coefficient (Wildman–Crippen LogP) is 5.85. The zero-order chi connectivity index (χ0) is 13.9. The van der Waals surface area contributed by atoms with Gasteiger partial charge in [-0.2, -0.15) is 0 Å². The van der Waals surface area contributed by atoms with E-state index in [-0.39, 0.29) is 5.92 Å². The van der Waals surface area contributed by atoms with Crippen LogP contribution in [-0.2, 0) is 0 Å². The van der Waals surface area contributed by atoms with Gasteiger partial charge in [0.05, 0.1) is 0 Å². The van der Waals surface area contributed by atoms with Crippen LogP contribution in [0.25, 0.3) is 0 Å². The third kappa shape index (κ3) is 3.36. The molecule has 5 unspecified atom stereocenters. The van der Waals surface area contributed by atoms with Crippen molar-refractivity contribution in [3.8, 4) is 0 Å². The van der Waals surface area contributed by atoms with Crippen molar-refractivity contribution < 1.29 is 8.78 Å². The molecule has 0 N–H and O–H groups in total. The summed E-state index contributed by atoms with van der Waals surface area (Å²) in [5.41, 5.74) is 0. The van der Waals surface area contributed by atoms with Crippen LogP contribution < -0.4 is 0 Å². The van der Waals surface area contributed by atoms with Crippen molar-refractivity contribution >= 4 is 0 Å². The first-order valence-corrected chi connectivity index (χ1v) is 9.02. The topological polar surface area (TPSA) is 0 Å². The highest BCUT2D eigenvalue weighted by atomic mass is 19.1. The molecule has 3 aliphatic rings. The summed E-state index contributed by atoms with van der Waals surface area (Å²) >= 11 is 0. The summed E-state index contributed by atoms with van der Waals surface area (Å²) in [6.45, 7) is 0. The summed E-state index contributed by atoms with van der Waals surface area (Å²) in [6.07, 6.45) is 11.9. The van der Waals surface area contributed by atoms with Crippen molar-refractivity contribution in [3.05, 3.63) is 0 Å². The van der Waals surface area contributed by atoms with Gasteiger partial charge >= 0.3 is 0 Å². The minimum absolute atomic E-state index is 0.174. The highest BCUT2D eigenvalue weighted by molar-refractivity contribution is 4.89. The number of halogens is 2. The maximum absolute atomic E-state index is 14.6. The number of hydrogen-bond donors (Lipinski definition) is 0.